The Kier molecular flexibility index (Phi) is 3.32. The lowest BCUT2D eigenvalue weighted by Crippen LogP contribution is -2.42. The Bertz CT molecular complexity index is 566. The average Bonchev–Trinajstić information content (AvgIpc) is 2.79. The van der Waals surface area contributed by atoms with Crippen molar-refractivity contribution in [1.29, 1.82) is 0 Å². The zero-order valence-corrected chi connectivity index (χ0v) is 11.6. The van der Waals surface area contributed by atoms with E-state index >= 15 is 0 Å². The zero-order chi connectivity index (χ0) is 13.4. The van der Waals surface area contributed by atoms with E-state index in [9.17, 15) is 13.2 Å². The Morgan fingerprint density at radius 1 is 1.17 bits per heavy atom. The van der Waals surface area contributed by atoms with Gasteiger partial charge in [0, 0.05) is 0 Å². The molecule has 2 rings (SSSR count). The van der Waals surface area contributed by atoms with Gasteiger partial charge in [-0.3, -0.25) is 4.79 Å². The normalized spacial score (nSPS) is 18.8. The van der Waals surface area contributed by atoms with Gasteiger partial charge >= 0.3 is 0 Å². The third kappa shape index (κ3) is 1.79. The largest absolute Gasteiger partial charge is 0.298 e. The standard InChI is InChI=1S/C14H18O3S/c1-11-7-3-4-8-13(11)18(16,17)14(12(2)15)9-5-6-10-14/h3-4,7-8H,5-6,9-10H2,1-2H3. The van der Waals surface area contributed by atoms with Crippen LogP contribution in [-0.2, 0) is 14.6 Å². The Morgan fingerprint density at radius 2 is 1.72 bits per heavy atom. The van der Waals surface area contributed by atoms with Gasteiger partial charge in [-0.15, -0.1) is 0 Å². The van der Waals surface area contributed by atoms with E-state index in [0.29, 0.717) is 23.3 Å². The van der Waals surface area contributed by atoms with E-state index in [0.717, 1.165) is 12.8 Å². The quantitative estimate of drug-likeness (QED) is 0.845. The van der Waals surface area contributed by atoms with E-state index in [4.69, 9.17) is 0 Å². The molecule has 0 saturated heterocycles. The number of ketones is 1. The topological polar surface area (TPSA) is 51.2 Å². The van der Waals surface area contributed by atoms with Gasteiger partial charge in [-0.2, -0.15) is 0 Å². The highest BCUT2D eigenvalue weighted by atomic mass is 32.2. The van der Waals surface area contributed by atoms with E-state index in [1.165, 1.54) is 6.92 Å². The van der Waals surface area contributed by atoms with Crippen LogP contribution in [0.25, 0.3) is 0 Å². The second kappa shape index (κ2) is 4.50. The van der Waals surface area contributed by atoms with Gasteiger partial charge in [0.05, 0.1) is 4.90 Å². The first kappa shape index (κ1) is 13.3. The lowest BCUT2D eigenvalue weighted by atomic mass is 10.0. The van der Waals surface area contributed by atoms with E-state index in [-0.39, 0.29) is 5.78 Å². The second-order valence-corrected chi connectivity index (χ2v) is 7.25. The molecule has 0 unspecified atom stereocenters. The first-order valence-electron chi connectivity index (χ1n) is 6.23. The number of carbonyl (C=O) groups excluding carboxylic acids is 1. The molecule has 1 aliphatic rings. The molecular weight excluding hydrogens is 248 g/mol. The van der Waals surface area contributed by atoms with Crippen LogP contribution in [0.2, 0.25) is 0 Å². The molecule has 1 fully saturated rings. The van der Waals surface area contributed by atoms with Crippen LogP contribution in [-0.4, -0.2) is 18.9 Å². The maximum Gasteiger partial charge on any atom is 0.191 e. The SMILES string of the molecule is CC(=O)C1(S(=O)(=O)c2ccccc2C)CCCC1. The molecule has 0 atom stereocenters. The highest BCUT2D eigenvalue weighted by Crippen LogP contribution is 2.41. The maximum atomic E-state index is 12.8. The Hall–Kier alpha value is -1.16. The molecular formula is C14H18O3S. The minimum Gasteiger partial charge on any atom is -0.298 e. The number of hydrogen-bond acceptors (Lipinski definition) is 3. The summed E-state index contributed by atoms with van der Waals surface area (Å²) in [4.78, 5) is 12.2. The van der Waals surface area contributed by atoms with Gasteiger partial charge in [-0.1, -0.05) is 31.0 Å². The number of hydrogen-bond donors (Lipinski definition) is 0. The molecule has 1 aromatic rings. The third-order valence-electron chi connectivity index (χ3n) is 3.95. The molecule has 1 aromatic carbocycles. The van der Waals surface area contributed by atoms with Gasteiger partial charge in [0.15, 0.2) is 15.6 Å². The van der Waals surface area contributed by atoms with Gasteiger partial charge in [0.1, 0.15) is 4.75 Å². The van der Waals surface area contributed by atoms with Crippen molar-refractivity contribution >= 4 is 15.6 Å². The average molecular weight is 266 g/mol. The summed E-state index contributed by atoms with van der Waals surface area (Å²) in [6.07, 6.45) is 2.54. The summed E-state index contributed by atoms with van der Waals surface area (Å²) in [6.45, 7) is 3.18. The predicted molar refractivity (Wildman–Crippen MR) is 70.2 cm³/mol. The summed E-state index contributed by atoms with van der Waals surface area (Å²) < 4.78 is 24.4. The molecule has 3 nitrogen and oxygen atoms in total. The molecule has 0 aromatic heterocycles. The van der Waals surface area contributed by atoms with Crippen LogP contribution in [0.5, 0.6) is 0 Å². The van der Waals surface area contributed by atoms with E-state index < -0.39 is 14.6 Å². The van der Waals surface area contributed by atoms with Crippen molar-refractivity contribution in [3.63, 3.8) is 0 Å². The highest BCUT2D eigenvalue weighted by Gasteiger charge is 2.50. The van der Waals surface area contributed by atoms with Crippen molar-refractivity contribution in [2.45, 2.75) is 49.2 Å². The second-order valence-electron chi connectivity index (χ2n) is 5.03. The van der Waals surface area contributed by atoms with E-state index in [2.05, 4.69) is 0 Å². The van der Waals surface area contributed by atoms with Crippen molar-refractivity contribution in [1.82, 2.24) is 0 Å². The number of rotatable bonds is 3. The fraction of sp³-hybridized carbons (Fsp3) is 0.500. The summed E-state index contributed by atoms with van der Waals surface area (Å²) in [5.41, 5.74) is 0.713. The molecule has 0 N–H and O–H groups in total. The van der Waals surface area contributed by atoms with E-state index in [1.54, 1.807) is 25.1 Å². The fourth-order valence-corrected chi connectivity index (χ4v) is 5.20. The molecule has 1 saturated carbocycles. The minimum atomic E-state index is -3.58. The monoisotopic (exact) mass is 266 g/mol. The van der Waals surface area contributed by atoms with Gasteiger partial charge in [0.25, 0.3) is 0 Å². The van der Waals surface area contributed by atoms with Gasteiger partial charge in [-0.05, 0) is 38.3 Å². The predicted octanol–water partition coefficient (Wildman–Crippen LogP) is 2.67. The Morgan fingerprint density at radius 3 is 2.22 bits per heavy atom. The molecule has 0 radical (unpaired) electrons. The molecule has 98 valence electrons. The number of carbonyl (C=O) groups is 1. The first-order chi connectivity index (χ1) is 8.42. The van der Waals surface area contributed by atoms with E-state index in [1.807, 2.05) is 6.07 Å². The van der Waals surface area contributed by atoms with Crippen molar-refractivity contribution < 1.29 is 13.2 Å². The zero-order valence-electron chi connectivity index (χ0n) is 10.8. The van der Waals surface area contributed by atoms with Crippen molar-refractivity contribution in [2.75, 3.05) is 0 Å². The fourth-order valence-electron chi connectivity index (χ4n) is 2.82. The summed E-state index contributed by atoms with van der Waals surface area (Å²) in [5, 5.41) is 0. The van der Waals surface area contributed by atoms with Crippen LogP contribution in [0.1, 0.15) is 38.2 Å². The smallest absolute Gasteiger partial charge is 0.191 e. The van der Waals surface area contributed by atoms with Crippen molar-refractivity contribution in [3.05, 3.63) is 29.8 Å². The number of aryl methyl sites for hydroxylation is 1. The molecule has 1 aliphatic carbocycles. The molecule has 18 heavy (non-hydrogen) atoms. The van der Waals surface area contributed by atoms with Crippen LogP contribution in [0, 0.1) is 6.92 Å². The number of Topliss-reactive ketones (excluding diaryl/α,β-unsaturated/α-hetero) is 1. The lowest BCUT2D eigenvalue weighted by Gasteiger charge is -2.26. The lowest BCUT2D eigenvalue weighted by molar-refractivity contribution is -0.119. The molecule has 0 amide bonds. The maximum absolute atomic E-state index is 12.8. The minimum absolute atomic E-state index is 0.219. The molecule has 4 heteroatoms. The Labute approximate surface area is 108 Å². The van der Waals surface area contributed by atoms with Gasteiger partial charge in [-0.25, -0.2) is 8.42 Å². The summed E-state index contributed by atoms with van der Waals surface area (Å²) in [7, 11) is -3.58. The van der Waals surface area contributed by atoms with Crippen molar-refractivity contribution in [2.24, 2.45) is 0 Å². The van der Waals surface area contributed by atoms with Crippen LogP contribution >= 0.6 is 0 Å². The highest BCUT2D eigenvalue weighted by molar-refractivity contribution is 7.93. The number of sulfone groups is 1. The van der Waals surface area contributed by atoms with Crippen LogP contribution < -0.4 is 0 Å². The first-order valence-corrected chi connectivity index (χ1v) is 7.71. The summed E-state index contributed by atoms with van der Waals surface area (Å²) in [6, 6.07) is 6.90. The number of benzene rings is 1. The van der Waals surface area contributed by atoms with Crippen LogP contribution in [0.3, 0.4) is 0 Å². The van der Waals surface area contributed by atoms with Crippen molar-refractivity contribution in [3.8, 4) is 0 Å². The summed E-state index contributed by atoms with van der Waals surface area (Å²) >= 11 is 0. The molecule has 0 spiro atoms. The Balaban J connectivity index is 2.61. The van der Waals surface area contributed by atoms with Crippen LogP contribution in [0.4, 0.5) is 0 Å². The molecule has 0 heterocycles. The van der Waals surface area contributed by atoms with Gasteiger partial charge < -0.3 is 0 Å². The van der Waals surface area contributed by atoms with Crippen LogP contribution in [0.15, 0.2) is 29.2 Å². The summed E-state index contributed by atoms with van der Waals surface area (Å²) in [5.74, 6) is -0.219. The van der Waals surface area contributed by atoms with Gasteiger partial charge in [0.2, 0.25) is 0 Å². The molecule has 0 aliphatic heterocycles. The molecule has 0 bridgehead atoms. The third-order valence-corrected chi connectivity index (χ3v) is 6.71.